The maximum Gasteiger partial charge on any atom is 0.164 e. The molecule has 0 bridgehead atoms. The Morgan fingerprint density at radius 3 is 2.54 bits per heavy atom. The first kappa shape index (κ1) is 24.3. The third kappa shape index (κ3) is 3.04. The van der Waals surface area contributed by atoms with Gasteiger partial charge in [0.25, 0.3) is 0 Å². The Bertz CT molecular complexity index is 999. The number of ketones is 1. The van der Waals surface area contributed by atoms with Crippen molar-refractivity contribution in [2.45, 2.75) is 116 Å². The number of aliphatic hydroxyl groups is 3. The molecule has 6 aliphatic rings. The van der Waals surface area contributed by atoms with E-state index in [2.05, 4.69) is 19.9 Å². The van der Waals surface area contributed by atoms with Crippen molar-refractivity contribution in [2.24, 2.45) is 34.5 Å². The molecule has 2 heterocycles. The zero-order valence-electron chi connectivity index (χ0n) is 21.8. The van der Waals surface area contributed by atoms with E-state index in [0.29, 0.717) is 5.92 Å². The zero-order chi connectivity index (χ0) is 25.1. The fraction of sp³-hybridized carbons (Fsp3) is 0.828. The van der Waals surface area contributed by atoms with Crippen molar-refractivity contribution < 1.29 is 29.6 Å². The van der Waals surface area contributed by atoms with Gasteiger partial charge in [-0.3, -0.25) is 4.79 Å². The summed E-state index contributed by atoms with van der Waals surface area (Å²) in [5.41, 5.74) is 2.88. The van der Waals surface area contributed by atoms with Crippen molar-refractivity contribution in [2.75, 3.05) is 0 Å². The standard InChI is InChI=1S/C29H42O6/c1-14(2)29(33,15(3)30)25-24-22(26(32)35-25)23-21(34-24)13-20-18-7-6-16-12-17(31)8-10-27(16,4)19(18)9-11-28(20,23)5/h13-14,16-17,21-26,31-33H,6-12H2,1-5H3/t16-,17-,21+,22-,23+,24+,25-,26-,27-,28-,29-/m0/s1. The minimum absolute atomic E-state index is 0.0682. The van der Waals surface area contributed by atoms with E-state index in [1.54, 1.807) is 5.57 Å². The lowest BCUT2D eigenvalue weighted by atomic mass is 9.51. The van der Waals surface area contributed by atoms with E-state index >= 15 is 0 Å². The molecule has 0 aromatic heterocycles. The van der Waals surface area contributed by atoms with E-state index in [0.717, 1.165) is 44.9 Å². The maximum atomic E-state index is 12.5. The van der Waals surface area contributed by atoms with Crippen LogP contribution in [0.1, 0.15) is 79.6 Å². The molecule has 11 atom stereocenters. The summed E-state index contributed by atoms with van der Waals surface area (Å²) in [4.78, 5) is 12.5. The summed E-state index contributed by atoms with van der Waals surface area (Å²) in [5, 5.41) is 32.8. The molecule has 0 radical (unpaired) electrons. The molecule has 194 valence electrons. The van der Waals surface area contributed by atoms with Gasteiger partial charge in [0.05, 0.1) is 18.3 Å². The SMILES string of the molecule is CC(=O)[C@@](O)(C(C)C)[C@H]1O[C@H](O)[C@@H]2[C@H]1O[C@@H]1C=C3C4=C(CC[C@]3(C)[C@@H]21)[C@@]1(C)CC[C@H](O)C[C@@H]1CC4. The quantitative estimate of drug-likeness (QED) is 0.563. The normalized spacial score (nSPS) is 50.1. The van der Waals surface area contributed by atoms with E-state index in [-0.39, 0.29) is 46.6 Å². The Morgan fingerprint density at radius 1 is 1.11 bits per heavy atom. The van der Waals surface area contributed by atoms with Gasteiger partial charge in [-0.1, -0.05) is 39.3 Å². The number of ether oxygens (including phenoxy) is 2. The topological polar surface area (TPSA) is 96.2 Å². The summed E-state index contributed by atoms with van der Waals surface area (Å²) < 4.78 is 12.5. The summed E-state index contributed by atoms with van der Waals surface area (Å²) in [5.74, 6) is -0.342. The van der Waals surface area contributed by atoms with Crippen LogP contribution in [0, 0.1) is 34.5 Å². The first-order chi connectivity index (χ1) is 16.4. The smallest absolute Gasteiger partial charge is 0.164 e. The van der Waals surface area contributed by atoms with Gasteiger partial charge in [0.15, 0.2) is 17.7 Å². The van der Waals surface area contributed by atoms with Crippen LogP contribution in [-0.2, 0) is 14.3 Å². The van der Waals surface area contributed by atoms with E-state index < -0.39 is 24.1 Å². The number of carbonyl (C=O) groups is 1. The molecular formula is C29H42O6. The average Bonchev–Trinajstić information content (AvgIpc) is 3.41. The monoisotopic (exact) mass is 486 g/mol. The Morgan fingerprint density at radius 2 is 1.86 bits per heavy atom. The number of carbonyl (C=O) groups excluding carboxylic acids is 1. The summed E-state index contributed by atoms with van der Waals surface area (Å²) in [7, 11) is 0. The highest BCUT2D eigenvalue weighted by atomic mass is 16.7. The lowest BCUT2D eigenvalue weighted by Crippen LogP contribution is -2.57. The van der Waals surface area contributed by atoms with Crippen LogP contribution < -0.4 is 0 Å². The second kappa shape index (κ2) is 7.73. The number of hydrogen-bond acceptors (Lipinski definition) is 6. The molecule has 6 nitrogen and oxygen atoms in total. The average molecular weight is 487 g/mol. The van der Waals surface area contributed by atoms with Gasteiger partial charge in [-0.25, -0.2) is 0 Å². The minimum atomic E-state index is -1.69. The Labute approximate surface area is 208 Å². The van der Waals surface area contributed by atoms with Crippen LogP contribution in [0.25, 0.3) is 0 Å². The Kier molecular flexibility index (Phi) is 5.37. The largest absolute Gasteiger partial charge is 0.393 e. The molecule has 0 unspecified atom stereocenters. The van der Waals surface area contributed by atoms with Crippen LogP contribution in [-0.4, -0.2) is 57.4 Å². The van der Waals surface area contributed by atoms with Crippen molar-refractivity contribution >= 4 is 5.78 Å². The number of aliphatic hydroxyl groups excluding tert-OH is 2. The maximum absolute atomic E-state index is 12.5. The first-order valence-electron chi connectivity index (χ1n) is 13.8. The summed E-state index contributed by atoms with van der Waals surface area (Å²) in [6, 6.07) is 0. The number of Topliss-reactive ketones (excluding diaryl/α,β-unsaturated/α-hetero) is 1. The van der Waals surface area contributed by atoms with Crippen molar-refractivity contribution in [3.63, 3.8) is 0 Å². The summed E-state index contributed by atoms with van der Waals surface area (Å²) in [6.45, 7) is 9.79. The molecule has 1 saturated carbocycles. The van der Waals surface area contributed by atoms with Crippen molar-refractivity contribution in [3.05, 3.63) is 22.8 Å². The molecule has 2 saturated heterocycles. The number of allylic oxidation sites excluding steroid dienone is 3. The van der Waals surface area contributed by atoms with Gasteiger partial charge in [0, 0.05) is 11.8 Å². The van der Waals surface area contributed by atoms with E-state index in [1.807, 2.05) is 13.8 Å². The molecule has 2 aliphatic heterocycles. The van der Waals surface area contributed by atoms with E-state index in [9.17, 15) is 20.1 Å². The van der Waals surface area contributed by atoms with Crippen LogP contribution in [0.4, 0.5) is 0 Å². The fourth-order valence-electron chi connectivity index (χ4n) is 9.36. The Balaban J connectivity index is 1.36. The molecule has 0 aromatic rings. The predicted octanol–water partition coefficient (Wildman–Crippen LogP) is 3.68. The number of fused-ring (bicyclic) bond motifs is 8. The molecule has 6 rings (SSSR count). The molecule has 0 spiro atoms. The molecule has 35 heavy (non-hydrogen) atoms. The lowest BCUT2D eigenvalue weighted by molar-refractivity contribution is -0.201. The molecule has 3 fully saturated rings. The van der Waals surface area contributed by atoms with Gasteiger partial charge < -0.3 is 24.8 Å². The van der Waals surface area contributed by atoms with Gasteiger partial charge in [0.2, 0.25) is 0 Å². The first-order valence-corrected chi connectivity index (χ1v) is 13.8. The van der Waals surface area contributed by atoms with Gasteiger partial charge >= 0.3 is 0 Å². The molecule has 0 amide bonds. The van der Waals surface area contributed by atoms with E-state index in [1.165, 1.54) is 18.1 Å². The van der Waals surface area contributed by atoms with Crippen molar-refractivity contribution in [1.82, 2.24) is 0 Å². The summed E-state index contributed by atoms with van der Waals surface area (Å²) in [6.07, 6.45) is 6.68. The molecule has 0 aromatic carbocycles. The van der Waals surface area contributed by atoms with Crippen molar-refractivity contribution in [3.8, 4) is 0 Å². The van der Waals surface area contributed by atoms with Gasteiger partial charge in [-0.15, -0.1) is 0 Å². The highest BCUT2D eigenvalue weighted by molar-refractivity contribution is 5.86. The van der Waals surface area contributed by atoms with Gasteiger partial charge in [-0.2, -0.15) is 0 Å². The van der Waals surface area contributed by atoms with E-state index in [4.69, 9.17) is 9.47 Å². The summed E-state index contributed by atoms with van der Waals surface area (Å²) >= 11 is 0. The van der Waals surface area contributed by atoms with Crippen molar-refractivity contribution in [1.29, 1.82) is 0 Å². The zero-order valence-corrected chi connectivity index (χ0v) is 21.8. The minimum Gasteiger partial charge on any atom is -0.393 e. The highest BCUT2D eigenvalue weighted by Crippen LogP contribution is 2.67. The predicted molar refractivity (Wildman–Crippen MR) is 130 cm³/mol. The van der Waals surface area contributed by atoms with Gasteiger partial charge in [-0.05, 0) is 85.7 Å². The molecular weight excluding hydrogens is 444 g/mol. The van der Waals surface area contributed by atoms with Crippen LogP contribution in [0.3, 0.4) is 0 Å². The third-order valence-corrected chi connectivity index (χ3v) is 11.4. The second-order valence-corrected chi connectivity index (χ2v) is 13.2. The van der Waals surface area contributed by atoms with Crippen LogP contribution in [0.15, 0.2) is 22.8 Å². The fourth-order valence-corrected chi connectivity index (χ4v) is 9.36. The lowest BCUT2D eigenvalue weighted by Gasteiger charge is -2.53. The second-order valence-electron chi connectivity index (χ2n) is 13.2. The molecule has 4 aliphatic carbocycles. The third-order valence-electron chi connectivity index (χ3n) is 11.4. The number of rotatable bonds is 3. The Hall–Kier alpha value is -1.05. The molecule has 6 heteroatoms. The van der Waals surface area contributed by atoms with Crippen LogP contribution in [0.5, 0.6) is 0 Å². The van der Waals surface area contributed by atoms with Crippen LogP contribution in [0.2, 0.25) is 0 Å². The molecule has 3 N–H and O–H groups in total. The van der Waals surface area contributed by atoms with Crippen LogP contribution >= 0.6 is 0 Å². The highest BCUT2D eigenvalue weighted by Gasteiger charge is 2.68. The number of hydrogen-bond donors (Lipinski definition) is 3. The van der Waals surface area contributed by atoms with Gasteiger partial charge in [0.1, 0.15) is 6.10 Å².